The number of amides is 1. The minimum absolute atomic E-state index is 0.0614. The van der Waals surface area contributed by atoms with Gasteiger partial charge in [0.2, 0.25) is 5.91 Å². The number of para-hydroxylation sites is 1. The van der Waals surface area contributed by atoms with E-state index in [1.807, 2.05) is 60.0 Å². The average Bonchev–Trinajstić information content (AvgIpc) is 3.50. The second kappa shape index (κ2) is 8.86. The Balaban J connectivity index is 1.37. The first-order valence-corrected chi connectivity index (χ1v) is 11.5. The van der Waals surface area contributed by atoms with E-state index in [1.54, 1.807) is 11.3 Å². The molecule has 156 valence electrons. The van der Waals surface area contributed by atoms with Crippen molar-refractivity contribution in [3.05, 3.63) is 77.7 Å². The molecule has 0 saturated heterocycles. The number of aromatic nitrogens is 2. The van der Waals surface area contributed by atoms with E-state index in [-0.39, 0.29) is 5.91 Å². The molecule has 2 heterocycles. The largest absolute Gasteiger partial charge is 0.352 e. The Hall–Kier alpha value is -3.25. The van der Waals surface area contributed by atoms with Crippen molar-refractivity contribution in [2.45, 2.75) is 31.8 Å². The van der Waals surface area contributed by atoms with E-state index >= 15 is 0 Å². The summed E-state index contributed by atoms with van der Waals surface area (Å²) in [4.78, 5) is 25.7. The van der Waals surface area contributed by atoms with Crippen molar-refractivity contribution in [1.82, 2.24) is 15.3 Å². The number of carbonyl (C=O) groups excluding carboxylic acids is 1. The molecule has 4 aromatic rings. The molecule has 0 radical (unpaired) electrons. The maximum Gasteiger partial charge on any atom is 0.222 e. The first kappa shape index (κ1) is 19.7. The summed E-state index contributed by atoms with van der Waals surface area (Å²) in [6, 6.07) is 22.7. The van der Waals surface area contributed by atoms with Crippen LogP contribution in [0, 0.1) is 0 Å². The van der Waals surface area contributed by atoms with Crippen molar-refractivity contribution in [2.24, 2.45) is 0 Å². The van der Waals surface area contributed by atoms with Gasteiger partial charge in [-0.05, 0) is 42.0 Å². The van der Waals surface area contributed by atoms with Crippen LogP contribution in [0.3, 0.4) is 0 Å². The lowest BCUT2D eigenvalue weighted by atomic mass is 10.2. The number of carbonyl (C=O) groups is 1. The van der Waals surface area contributed by atoms with Gasteiger partial charge in [0.1, 0.15) is 5.82 Å². The number of nitrogens with zero attached hydrogens (tertiary/aromatic N) is 3. The summed E-state index contributed by atoms with van der Waals surface area (Å²) in [7, 11) is 0. The molecule has 0 unspecified atom stereocenters. The molecular formula is C25H24N4OS. The minimum atomic E-state index is 0.0614. The van der Waals surface area contributed by atoms with Crippen LogP contribution in [0.1, 0.15) is 24.8 Å². The molecule has 2 aromatic heterocycles. The smallest absolute Gasteiger partial charge is 0.222 e. The maximum atomic E-state index is 12.5. The summed E-state index contributed by atoms with van der Waals surface area (Å²) >= 11 is 1.64. The molecule has 5 nitrogen and oxygen atoms in total. The Bertz CT molecular complexity index is 1170. The SMILES string of the molecule is O=C(CCN(c1nc(-c2cccs2)nc2ccccc12)C1CC1)NCc1ccccc1. The second-order valence-electron chi connectivity index (χ2n) is 7.80. The topological polar surface area (TPSA) is 58.1 Å². The van der Waals surface area contributed by atoms with Gasteiger partial charge in [-0.2, -0.15) is 0 Å². The third kappa shape index (κ3) is 4.59. The number of thiophene rings is 1. The molecule has 0 bridgehead atoms. The zero-order valence-electron chi connectivity index (χ0n) is 17.2. The summed E-state index contributed by atoms with van der Waals surface area (Å²) in [5.41, 5.74) is 2.05. The van der Waals surface area contributed by atoms with Crippen molar-refractivity contribution in [3.63, 3.8) is 0 Å². The zero-order chi connectivity index (χ0) is 21.0. The highest BCUT2D eigenvalue weighted by atomic mass is 32.1. The summed E-state index contributed by atoms with van der Waals surface area (Å²) in [5, 5.41) is 6.13. The van der Waals surface area contributed by atoms with Gasteiger partial charge in [0.05, 0.1) is 10.4 Å². The molecule has 2 aromatic carbocycles. The number of benzene rings is 2. The Labute approximate surface area is 185 Å². The molecule has 1 saturated carbocycles. The highest BCUT2D eigenvalue weighted by molar-refractivity contribution is 7.13. The second-order valence-corrected chi connectivity index (χ2v) is 8.75. The lowest BCUT2D eigenvalue weighted by molar-refractivity contribution is -0.121. The molecule has 1 amide bonds. The van der Waals surface area contributed by atoms with Crippen LogP contribution in [0.2, 0.25) is 0 Å². The third-order valence-electron chi connectivity index (χ3n) is 5.50. The van der Waals surface area contributed by atoms with E-state index in [4.69, 9.17) is 9.97 Å². The third-order valence-corrected chi connectivity index (χ3v) is 6.36. The van der Waals surface area contributed by atoms with Crippen LogP contribution in [0.4, 0.5) is 5.82 Å². The summed E-state index contributed by atoms with van der Waals surface area (Å²) in [6.45, 7) is 1.21. The molecule has 1 aliphatic carbocycles. The van der Waals surface area contributed by atoms with Gasteiger partial charge in [-0.3, -0.25) is 4.79 Å². The number of nitrogens with one attached hydrogen (secondary N) is 1. The Morgan fingerprint density at radius 2 is 1.81 bits per heavy atom. The molecule has 0 spiro atoms. The molecule has 1 N–H and O–H groups in total. The number of hydrogen-bond donors (Lipinski definition) is 1. The Morgan fingerprint density at radius 3 is 2.58 bits per heavy atom. The van der Waals surface area contributed by atoms with Gasteiger partial charge < -0.3 is 10.2 Å². The molecule has 6 heteroatoms. The molecule has 31 heavy (non-hydrogen) atoms. The first-order chi connectivity index (χ1) is 15.3. The van der Waals surface area contributed by atoms with Crippen molar-refractivity contribution < 1.29 is 4.79 Å². The van der Waals surface area contributed by atoms with Gasteiger partial charge in [-0.25, -0.2) is 9.97 Å². The van der Waals surface area contributed by atoms with E-state index in [0.29, 0.717) is 25.6 Å². The van der Waals surface area contributed by atoms with Crippen LogP contribution in [-0.4, -0.2) is 28.5 Å². The lowest BCUT2D eigenvalue weighted by Crippen LogP contribution is -2.33. The van der Waals surface area contributed by atoms with Gasteiger partial charge in [0.25, 0.3) is 0 Å². The molecule has 0 atom stereocenters. The van der Waals surface area contributed by atoms with Crippen LogP contribution in [-0.2, 0) is 11.3 Å². The molecule has 1 aliphatic rings. The number of fused-ring (bicyclic) bond motifs is 1. The monoisotopic (exact) mass is 428 g/mol. The first-order valence-electron chi connectivity index (χ1n) is 10.7. The fraction of sp³-hybridized carbons (Fsp3) is 0.240. The number of anilines is 1. The quantitative estimate of drug-likeness (QED) is 0.427. The maximum absolute atomic E-state index is 12.5. The van der Waals surface area contributed by atoms with Crippen LogP contribution < -0.4 is 10.2 Å². The van der Waals surface area contributed by atoms with Gasteiger partial charge in [0, 0.05) is 30.9 Å². The Kier molecular flexibility index (Phi) is 5.63. The van der Waals surface area contributed by atoms with Gasteiger partial charge >= 0.3 is 0 Å². The fourth-order valence-corrected chi connectivity index (χ4v) is 4.41. The number of hydrogen-bond acceptors (Lipinski definition) is 5. The van der Waals surface area contributed by atoms with E-state index < -0.39 is 0 Å². The van der Waals surface area contributed by atoms with Crippen molar-refractivity contribution in [1.29, 1.82) is 0 Å². The van der Waals surface area contributed by atoms with Gasteiger partial charge in [0.15, 0.2) is 5.82 Å². The molecule has 0 aliphatic heterocycles. The predicted octanol–water partition coefficient (Wildman–Crippen LogP) is 5.03. The normalized spacial score (nSPS) is 13.3. The van der Waals surface area contributed by atoms with E-state index in [0.717, 1.165) is 45.8 Å². The molecular weight excluding hydrogens is 404 g/mol. The Morgan fingerprint density at radius 1 is 1.00 bits per heavy atom. The zero-order valence-corrected chi connectivity index (χ0v) is 18.0. The minimum Gasteiger partial charge on any atom is -0.352 e. The van der Waals surface area contributed by atoms with Gasteiger partial charge in [-0.15, -0.1) is 11.3 Å². The van der Waals surface area contributed by atoms with E-state index in [1.165, 1.54) is 0 Å². The van der Waals surface area contributed by atoms with Crippen LogP contribution >= 0.6 is 11.3 Å². The van der Waals surface area contributed by atoms with Gasteiger partial charge in [-0.1, -0.05) is 48.5 Å². The standard InChI is InChI=1S/C25H24N4OS/c30-23(26-17-18-7-2-1-3-8-18)14-15-29(19-12-13-19)25-20-9-4-5-10-21(20)27-24(28-25)22-11-6-16-31-22/h1-11,16,19H,12-15,17H2,(H,26,30). The number of rotatable bonds is 8. The van der Waals surface area contributed by atoms with Crippen molar-refractivity contribution in [3.8, 4) is 10.7 Å². The molecule has 1 fully saturated rings. The predicted molar refractivity (Wildman–Crippen MR) is 126 cm³/mol. The fourth-order valence-electron chi connectivity index (χ4n) is 3.75. The van der Waals surface area contributed by atoms with Crippen LogP contribution in [0.25, 0.3) is 21.6 Å². The van der Waals surface area contributed by atoms with E-state index in [2.05, 4.69) is 22.3 Å². The van der Waals surface area contributed by atoms with Crippen LogP contribution in [0.15, 0.2) is 72.1 Å². The lowest BCUT2D eigenvalue weighted by Gasteiger charge is -2.25. The summed E-state index contributed by atoms with van der Waals surface area (Å²) in [6.07, 6.45) is 2.71. The highest BCUT2D eigenvalue weighted by Crippen LogP contribution is 2.36. The summed E-state index contributed by atoms with van der Waals surface area (Å²) < 4.78 is 0. The van der Waals surface area contributed by atoms with Crippen molar-refractivity contribution in [2.75, 3.05) is 11.4 Å². The average molecular weight is 429 g/mol. The van der Waals surface area contributed by atoms with E-state index in [9.17, 15) is 4.79 Å². The summed E-state index contributed by atoms with van der Waals surface area (Å²) in [5.74, 6) is 1.75. The van der Waals surface area contributed by atoms with Crippen molar-refractivity contribution >= 4 is 34.0 Å². The highest BCUT2D eigenvalue weighted by Gasteiger charge is 2.31. The molecule has 5 rings (SSSR count). The van der Waals surface area contributed by atoms with Crippen LogP contribution in [0.5, 0.6) is 0 Å².